The van der Waals surface area contributed by atoms with E-state index in [2.05, 4.69) is 0 Å². The highest BCUT2D eigenvalue weighted by Crippen LogP contribution is 2.20. The van der Waals surface area contributed by atoms with Crippen LogP contribution in [0.25, 0.3) is 0 Å². The lowest BCUT2D eigenvalue weighted by Crippen LogP contribution is -2.36. The summed E-state index contributed by atoms with van der Waals surface area (Å²) in [5.74, 6) is -1.30. The second-order valence-electron chi connectivity index (χ2n) is 6.87. The minimum atomic E-state index is -4.57. The van der Waals surface area contributed by atoms with Gasteiger partial charge in [0, 0.05) is 39.0 Å². The molecule has 1 unspecified atom stereocenters. The molecule has 1 heterocycles. The van der Waals surface area contributed by atoms with Gasteiger partial charge in [0.1, 0.15) is 5.60 Å². The van der Waals surface area contributed by atoms with Crippen molar-refractivity contribution >= 4 is 22.2 Å². The Hall–Kier alpha value is -1.38. The number of ether oxygens (including phenoxy) is 1. The van der Waals surface area contributed by atoms with Crippen LogP contribution in [0.3, 0.4) is 0 Å². The number of hydrogen-bond acceptors (Lipinski definition) is 5. The van der Waals surface area contributed by atoms with Gasteiger partial charge in [-0.2, -0.15) is 8.42 Å². The largest absolute Gasteiger partial charge is 0.444 e. The van der Waals surface area contributed by atoms with Crippen molar-refractivity contribution < 1.29 is 26.6 Å². The summed E-state index contributed by atoms with van der Waals surface area (Å²) in [6, 6.07) is 0. The Balaban J connectivity index is 2.36. The van der Waals surface area contributed by atoms with E-state index in [1.807, 2.05) is 0 Å². The molecule has 23 heavy (non-hydrogen) atoms. The van der Waals surface area contributed by atoms with Crippen LogP contribution in [0.4, 0.5) is 8.68 Å². The Kier molecular flexibility index (Phi) is 6.38. The molecule has 0 radical (unpaired) electrons. The topological polar surface area (TPSA) is 84.0 Å². The summed E-state index contributed by atoms with van der Waals surface area (Å²) in [4.78, 5) is 26.5. The minimum Gasteiger partial charge on any atom is -0.444 e. The van der Waals surface area contributed by atoms with Crippen LogP contribution in [0, 0.1) is 5.92 Å². The second kappa shape index (κ2) is 7.46. The zero-order valence-corrected chi connectivity index (χ0v) is 14.9. The molecular weight excluding hydrogens is 327 g/mol. The molecule has 0 aromatic rings. The van der Waals surface area contributed by atoms with Crippen molar-refractivity contribution in [1.82, 2.24) is 9.80 Å². The van der Waals surface area contributed by atoms with Crippen molar-refractivity contribution in [1.29, 1.82) is 0 Å². The average Bonchev–Trinajstić information content (AvgIpc) is 2.64. The molecule has 1 saturated heterocycles. The van der Waals surface area contributed by atoms with Crippen molar-refractivity contribution in [3.05, 3.63) is 0 Å². The average molecular weight is 352 g/mol. The van der Waals surface area contributed by atoms with Crippen molar-refractivity contribution in [2.24, 2.45) is 5.92 Å². The van der Waals surface area contributed by atoms with Crippen LogP contribution < -0.4 is 0 Å². The first-order chi connectivity index (χ1) is 10.4. The van der Waals surface area contributed by atoms with Gasteiger partial charge in [0.25, 0.3) is 0 Å². The molecular formula is C14H25FN2O5S. The molecule has 1 rings (SSSR count). The molecule has 0 saturated carbocycles. The summed E-state index contributed by atoms with van der Waals surface area (Å²) >= 11 is 0. The van der Waals surface area contributed by atoms with Crippen LogP contribution in [0.15, 0.2) is 0 Å². The van der Waals surface area contributed by atoms with Gasteiger partial charge in [-0.05, 0) is 27.2 Å². The molecule has 1 aliphatic rings. The SMILES string of the molecule is CN(CCCN1CC(CS(=O)(=O)F)CC1=O)C(=O)OC(C)(C)C. The first kappa shape index (κ1) is 19.7. The third-order valence-corrected chi connectivity index (χ3v) is 4.23. The van der Waals surface area contributed by atoms with Gasteiger partial charge in [0.05, 0.1) is 5.75 Å². The Bertz CT molecular complexity index is 544. The Morgan fingerprint density at radius 3 is 2.57 bits per heavy atom. The Labute approximate surface area is 137 Å². The van der Waals surface area contributed by atoms with Gasteiger partial charge in [-0.25, -0.2) is 4.79 Å². The first-order valence-electron chi connectivity index (χ1n) is 7.51. The molecule has 0 aromatic carbocycles. The van der Waals surface area contributed by atoms with Gasteiger partial charge in [-0.1, -0.05) is 0 Å². The molecule has 1 aliphatic heterocycles. The van der Waals surface area contributed by atoms with Gasteiger partial charge >= 0.3 is 16.3 Å². The molecule has 1 fully saturated rings. The second-order valence-corrected chi connectivity index (χ2v) is 8.28. The normalized spacial score (nSPS) is 19.1. The summed E-state index contributed by atoms with van der Waals surface area (Å²) < 4.78 is 39.2. The van der Waals surface area contributed by atoms with E-state index in [1.54, 1.807) is 27.8 Å². The van der Waals surface area contributed by atoms with E-state index in [9.17, 15) is 21.9 Å². The highest BCUT2D eigenvalue weighted by atomic mass is 32.3. The number of rotatable bonds is 6. The molecule has 0 bridgehead atoms. The molecule has 7 nitrogen and oxygen atoms in total. The van der Waals surface area contributed by atoms with E-state index < -0.39 is 33.6 Å². The molecule has 0 spiro atoms. The summed E-state index contributed by atoms with van der Waals surface area (Å²) in [6.07, 6.45) is 0.147. The third-order valence-electron chi connectivity index (χ3n) is 3.36. The zero-order chi connectivity index (χ0) is 17.8. The van der Waals surface area contributed by atoms with E-state index in [0.29, 0.717) is 19.5 Å². The van der Waals surface area contributed by atoms with Crippen LogP contribution in [-0.2, 0) is 19.8 Å². The lowest BCUT2D eigenvalue weighted by molar-refractivity contribution is -0.127. The zero-order valence-electron chi connectivity index (χ0n) is 14.0. The fourth-order valence-electron chi connectivity index (χ4n) is 2.39. The summed E-state index contributed by atoms with van der Waals surface area (Å²) in [5, 5.41) is 0. The summed E-state index contributed by atoms with van der Waals surface area (Å²) in [5.41, 5.74) is -0.568. The van der Waals surface area contributed by atoms with Crippen molar-refractivity contribution in [2.75, 3.05) is 32.4 Å². The number of hydrogen-bond donors (Lipinski definition) is 0. The van der Waals surface area contributed by atoms with E-state index >= 15 is 0 Å². The quantitative estimate of drug-likeness (QED) is 0.675. The Morgan fingerprint density at radius 1 is 1.43 bits per heavy atom. The van der Waals surface area contributed by atoms with Gasteiger partial charge in [-0.15, -0.1) is 3.89 Å². The van der Waals surface area contributed by atoms with Gasteiger partial charge in [0.2, 0.25) is 5.91 Å². The number of carbonyl (C=O) groups excluding carboxylic acids is 2. The lowest BCUT2D eigenvalue weighted by atomic mass is 10.1. The first-order valence-corrected chi connectivity index (χ1v) is 9.07. The maximum atomic E-state index is 12.7. The van der Waals surface area contributed by atoms with Crippen molar-refractivity contribution in [3.8, 4) is 0 Å². The molecule has 0 N–H and O–H groups in total. The molecule has 0 aromatic heterocycles. The van der Waals surface area contributed by atoms with Crippen LogP contribution >= 0.6 is 0 Å². The fourth-order valence-corrected chi connectivity index (χ4v) is 3.18. The molecule has 1 atom stereocenters. The number of carbonyl (C=O) groups is 2. The standard InChI is InChI=1S/C14H25FN2O5S/c1-14(2,3)22-13(19)16(4)6-5-7-17-9-11(8-12(17)18)10-23(15,20)21/h11H,5-10H2,1-4H3. The van der Waals surface area contributed by atoms with Crippen molar-refractivity contribution in [3.63, 3.8) is 0 Å². The van der Waals surface area contributed by atoms with E-state index in [-0.39, 0.29) is 18.9 Å². The van der Waals surface area contributed by atoms with Crippen LogP contribution in [0.2, 0.25) is 0 Å². The van der Waals surface area contributed by atoms with E-state index in [4.69, 9.17) is 4.74 Å². The Morgan fingerprint density at radius 2 is 2.04 bits per heavy atom. The number of likely N-dealkylation sites (tertiary alicyclic amines) is 1. The monoisotopic (exact) mass is 352 g/mol. The highest BCUT2D eigenvalue weighted by molar-refractivity contribution is 7.86. The van der Waals surface area contributed by atoms with Gasteiger partial charge in [-0.3, -0.25) is 4.79 Å². The predicted octanol–water partition coefficient (Wildman–Crippen LogP) is 1.39. The maximum Gasteiger partial charge on any atom is 0.410 e. The lowest BCUT2D eigenvalue weighted by Gasteiger charge is -2.25. The van der Waals surface area contributed by atoms with Crippen LogP contribution in [0.1, 0.15) is 33.6 Å². The van der Waals surface area contributed by atoms with Crippen molar-refractivity contribution in [2.45, 2.75) is 39.2 Å². The predicted molar refractivity (Wildman–Crippen MR) is 83.1 cm³/mol. The van der Waals surface area contributed by atoms with E-state index in [0.717, 1.165) is 0 Å². The van der Waals surface area contributed by atoms with E-state index in [1.165, 1.54) is 9.80 Å². The summed E-state index contributed by atoms with van der Waals surface area (Å²) in [6.45, 7) is 6.37. The molecule has 9 heteroatoms. The van der Waals surface area contributed by atoms with Gasteiger partial charge in [0.15, 0.2) is 0 Å². The van der Waals surface area contributed by atoms with Crippen LogP contribution in [0.5, 0.6) is 0 Å². The number of halogens is 1. The third kappa shape index (κ3) is 7.62. The number of nitrogens with zero attached hydrogens (tertiary/aromatic N) is 2. The molecule has 2 amide bonds. The van der Waals surface area contributed by atoms with Crippen LogP contribution in [-0.4, -0.2) is 68.3 Å². The summed E-state index contributed by atoms with van der Waals surface area (Å²) in [7, 11) is -2.96. The number of amides is 2. The fraction of sp³-hybridized carbons (Fsp3) is 0.857. The maximum absolute atomic E-state index is 12.7. The van der Waals surface area contributed by atoms with Gasteiger partial charge < -0.3 is 14.5 Å². The molecule has 134 valence electrons. The molecule has 0 aliphatic carbocycles. The minimum absolute atomic E-state index is 0.0467. The smallest absolute Gasteiger partial charge is 0.410 e. The highest BCUT2D eigenvalue weighted by Gasteiger charge is 2.32.